The number of carbonyl (C=O) groups excluding carboxylic acids is 1. The zero-order valence-electron chi connectivity index (χ0n) is 11.0. The van der Waals surface area contributed by atoms with Gasteiger partial charge in [0.25, 0.3) is 0 Å². The maximum atomic E-state index is 12.3. The van der Waals surface area contributed by atoms with Gasteiger partial charge in [0, 0.05) is 18.5 Å². The van der Waals surface area contributed by atoms with Crippen molar-refractivity contribution < 1.29 is 9.53 Å². The van der Waals surface area contributed by atoms with Gasteiger partial charge >= 0.3 is 0 Å². The van der Waals surface area contributed by atoms with Crippen molar-refractivity contribution in [2.75, 3.05) is 13.2 Å². The Morgan fingerprint density at radius 3 is 3.20 bits per heavy atom. The average Bonchev–Trinajstić information content (AvgIpc) is 3.00. The molecule has 6 heteroatoms. The van der Waals surface area contributed by atoms with Crippen LogP contribution in [-0.4, -0.2) is 34.2 Å². The molecule has 6 nitrogen and oxygen atoms in total. The minimum Gasteiger partial charge on any atom is -0.493 e. The fraction of sp³-hybridized carbons (Fsp3) is 0.357. The number of rotatable bonds is 4. The summed E-state index contributed by atoms with van der Waals surface area (Å²) in [6.07, 6.45) is 2.83. The molecular formula is C14H16N4O2. The van der Waals surface area contributed by atoms with Gasteiger partial charge in [0.1, 0.15) is 17.9 Å². The number of nitrogens with zero attached hydrogens (tertiary/aromatic N) is 2. The van der Waals surface area contributed by atoms with Gasteiger partial charge in [-0.3, -0.25) is 9.89 Å². The number of carbonyl (C=O) groups is 1. The molecule has 0 radical (unpaired) electrons. The maximum Gasteiger partial charge on any atom is 0.227 e. The van der Waals surface area contributed by atoms with Gasteiger partial charge in [-0.05, 0) is 12.5 Å². The second-order valence-corrected chi connectivity index (χ2v) is 4.70. The fourth-order valence-corrected chi connectivity index (χ4v) is 2.39. The Hall–Kier alpha value is -2.37. The van der Waals surface area contributed by atoms with Crippen LogP contribution < -0.4 is 10.1 Å². The summed E-state index contributed by atoms with van der Waals surface area (Å²) in [6.45, 7) is 1.13. The van der Waals surface area contributed by atoms with E-state index in [-0.39, 0.29) is 11.8 Å². The number of benzene rings is 1. The Balaban J connectivity index is 1.60. The Bertz CT molecular complexity index is 583. The Morgan fingerprint density at radius 1 is 1.45 bits per heavy atom. The number of hydrogen-bond acceptors (Lipinski definition) is 4. The number of fused-ring (bicyclic) bond motifs is 1. The molecule has 1 unspecified atom stereocenters. The first-order valence-electron chi connectivity index (χ1n) is 6.68. The largest absolute Gasteiger partial charge is 0.493 e. The molecule has 1 aromatic carbocycles. The molecule has 1 amide bonds. The van der Waals surface area contributed by atoms with Crippen LogP contribution in [0.25, 0.3) is 0 Å². The molecule has 1 aliphatic heterocycles. The van der Waals surface area contributed by atoms with E-state index >= 15 is 0 Å². The van der Waals surface area contributed by atoms with Gasteiger partial charge in [-0.1, -0.05) is 18.2 Å². The molecule has 3 rings (SSSR count). The van der Waals surface area contributed by atoms with Crippen molar-refractivity contribution in [3.8, 4) is 5.75 Å². The molecule has 0 aliphatic carbocycles. The quantitative estimate of drug-likeness (QED) is 0.871. The zero-order chi connectivity index (χ0) is 13.8. The van der Waals surface area contributed by atoms with Gasteiger partial charge < -0.3 is 10.1 Å². The number of amides is 1. The standard InChI is InChI=1S/C14H16N4O2/c19-14(15-7-5-13-16-9-17-18-13)11-6-8-20-12-4-2-1-3-10(11)12/h1-4,9,11H,5-8H2,(H,15,19)(H,16,17,18). The maximum absolute atomic E-state index is 12.3. The number of aromatic nitrogens is 3. The summed E-state index contributed by atoms with van der Waals surface area (Å²) >= 11 is 0. The molecule has 0 fully saturated rings. The summed E-state index contributed by atoms with van der Waals surface area (Å²) in [4.78, 5) is 16.3. The van der Waals surface area contributed by atoms with E-state index in [0.717, 1.165) is 17.1 Å². The topological polar surface area (TPSA) is 79.9 Å². The summed E-state index contributed by atoms with van der Waals surface area (Å²) in [7, 11) is 0. The van der Waals surface area contributed by atoms with Gasteiger partial charge in [0.05, 0.1) is 12.5 Å². The number of ether oxygens (including phenoxy) is 1. The lowest BCUT2D eigenvalue weighted by Gasteiger charge is -2.24. The van der Waals surface area contributed by atoms with Crippen LogP contribution in [0.15, 0.2) is 30.6 Å². The van der Waals surface area contributed by atoms with Gasteiger partial charge in [-0.2, -0.15) is 5.10 Å². The molecule has 0 spiro atoms. The molecular weight excluding hydrogens is 256 g/mol. The monoisotopic (exact) mass is 272 g/mol. The highest BCUT2D eigenvalue weighted by Crippen LogP contribution is 2.33. The van der Waals surface area contributed by atoms with Gasteiger partial charge in [-0.15, -0.1) is 0 Å². The van der Waals surface area contributed by atoms with E-state index < -0.39 is 0 Å². The first-order valence-corrected chi connectivity index (χ1v) is 6.68. The third-order valence-electron chi connectivity index (χ3n) is 3.40. The van der Waals surface area contributed by atoms with Crippen LogP contribution in [0.4, 0.5) is 0 Å². The molecule has 2 aromatic rings. The van der Waals surface area contributed by atoms with Crippen molar-refractivity contribution in [2.45, 2.75) is 18.8 Å². The minimum atomic E-state index is -0.130. The van der Waals surface area contributed by atoms with Crippen LogP contribution in [0.2, 0.25) is 0 Å². The van der Waals surface area contributed by atoms with E-state index in [4.69, 9.17) is 4.74 Å². The van der Waals surface area contributed by atoms with Gasteiger partial charge in [0.15, 0.2) is 0 Å². The third kappa shape index (κ3) is 2.64. The zero-order valence-corrected chi connectivity index (χ0v) is 11.0. The lowest BCUT2D eigenvalue weighted by molar-refractivity contribution is -0.123. The Labute approximate surface area is 116 Å². The summed E-state index contributed by atoms with van der Waals surface area (Å²) in [5.41, 5.74) is 0.968. The number of para-hydroxylation sites is 1. The van der Waals surface area contributed by atoms with E-state index in [1.54, 1.807) is 0 Å². The third-order valence-corrected chi connectivity index (χ3v) is 3.40. The second-order valence-electron chi connectivity index (χ2n) is 4.70. The molecule has 2 N–H and O–H groups in total. The highest BCUT2D eigenvalue weighted by atomic mass is 16.5. The van der Waals surface area contributed by atoms with E-state index in [1.807, 2.05) is 24.3 Å². The predicted molar refractivity (Wildman–Crippen MR) is 72.4 cm³/mol. The minimum absolute atomic E-state index is 0.0419. The van der Waals surface area contributed by atoms with E-state index in [1.165, 1.54) is 6.33 Å². The molecule has 1 atom stereocenters. The number of nitrogens with one attached hydrogen (secondary N) is 2. The second kappa shape index (κ2) is 5.73. The number of H-pyrrole nitrogens is 1. The summed E-state index contributed by atoms with van der Waals surface area (Å²) in [5.74, 6) is 1.50. The van der Waals surface area contributed by atoms with E-state index in [2.05, 4.69) is 20.5 Å². The van der Waals surface area contributed by atoms with Crippen LogP contribution in [0.1, 0.15) is 23.7 Å². The van der Waals surface area contributed by atoms with Gasteiger partial charge in [-0.25, -0.2) is 4.98 Å². The average molecular weight is 272 g/mol. The van der Waals surface area contributed by atoms with Crippen molar-refractivity contribution in [3.63, 3.8) is 0 Å². The summed E-state index contributed by atoms with van der Waals surface area (Å²) in [5, 5.41) is 9.50. The van der Waals surface area contributed by atoms with Crippen molar-refractivity contribution in [1.29, 1.82) is 0 Å². The van der Waals surface area contributed by atoms with E-state index in [0.29, 0.717) is 26.0 Å². The number of aromatic amines is 1. The van der Waals surface area contributed by atoms with Crippen molar-refractivity contribution in [3.05, 3.63) is 42.0 Å². The molecule has 104 valence electrons. The Morgan fingerprint density at radius 2 is 2.35 bits per heavy atom. The lowest BCUT2D eigenvalue weighted by atomic mass is 9.92. The molecule has 0 saturated heterocycles. The SMILES string of the molecule is O=C(NCCc1ncn[nH]1)C1CCOc2ccccc21. The highest BCUT2D eigenvalue weighted by molar-refractivity contribution is 5.84. The van der Waals surface area contributed by atoms with E-state index in [9.17, 15) is 4.79 Å². The van der Waals surface area contributed by atoms with Crippen LogP contribution in [0, 0.1) is 0 Å². The molecule has 20 heavy (non-hydrogen) atoms. The smallest absolute Gasteiger partial charge is 0.227 e. The molecule has 2 heterocycles. The molecule has 0 bridgehead atoms. The summed E-state index contributed by atoms with van der Waals surface area (Å²) < 4.78 is 5.56. The van der Waals surface area contributed by atoms with Crippen molar-refractivity contribution >= 4 is 5.91 Å². The van der Waals surface area contributed by atoms with Crippen LogP contribution >= 0.6 is 0 Å². The first-order chi connectivity index (χ1) is 9.84. The fourth-order valence-electron chi connectivity index (χ4n) is 2.39. The van der Waals surface area contributed by atoms with Crippen LogP contribution in [-0.2, 0) is 11.2 Å². The predicted octanol–water partition coefficient (Wildman–Crippen LogP) is 1.03. The van der Waals surface area contributed by atoms with Crippen LogP contribution in [0.3, 0.4) is 0 Å². The highest BCUT2D eigenvalue weighted by Gasteiger charge is 2.26. The molecule has 1 aromatic heterocycles. The first kappa shape index (κ1) is 12.7. The molecule has 1 aliphatic rings. The lowest BCUT2D eigenvalue weighted by Crippen LogP contribution is -2.33. The Kier molecular flexibility index (Phi) is 3.62. The molecule has 0 saturated carbocycles. The normalized spacial score (nSPS) is 17.1. The van der Waals surface area contributed by atoms with Crippen LogP contribution in [0.5, 0.6) is 5.75 Å². The number of hydrogen-bond donors (Lipinski definition) is 2. The van der Waals surface area contributed by atoms with Gasteiger partial charge in [0.2, 0.25) is 5.91 Å². The van der Waals surface area contributed by atoms with Crippen molar-refractivity contribution in [1.82, 2.24) is 20.5 Å². The van der Waals surface area contributed by atoms with Crippen molar-refractivity contribution in [2.24, 2.45) is 0 Å². The summed E-state index contributed by atoms with van der Waals surface area (Å²) in [6, 6.07) is 7.71.